The molecule has 0 saturated carbocycles. The predicted molar refractivity (Wildman–Crippen MR) is 145 cm³/mol. The fourth-order valence-electron chi connectivity index (χ4n) is 3.91. The van der Waals surface area contributed by atoms with Gasteiger partial charge < -0.3 is 19.6 Å². The van der Waals surface area contributed by atoms with Gasteiger partial charge in [0.25, 0.3) is 0 Å². The number of ether oxygens (including phenoxy) is 2. The maximum Gasteiger partial charge on any atom is 0.345 e. The van der Waals surface area contributed by atoms with E-state index >= 15 is 0 Å². The van der Waals surface area contributed by atoms with Gasteiger partial charge in [0.2, 0.25) is 0 Å². The Morgan fingerprint density at radius 1 is 1.00 bits per heavy atom. The summed E-state index contributed by atoms with van der Waals surface area (Å²) < 4.78 is 12.8. The highest BCUT2D eigenvalue weighted by atomic mass is 32.2. The number of thioether (sulfide) groups is 1. The lowest BCUT2D eigenvalue weighted by Crippen LogP contribution is -2.10. The van der Waals surface area contributed by atoms with Crippen LogP contribution < -0.4 is 4.74 Å². The van der Waals surface area contributed by atoms with Crippen LogP contribution in [0.1, 0.15) is 17.2 Å². The molecule has 0 aliphatic heterocycles. The summed E-state index contributed by atoms with van der Waals surface area (Å²) in [6.07, 6.45) is 0. The number of esters is 1. The first-order chi connectivity index (χ1) is 18.5. The first kappa shape index (κ1) is 25.1. The van der Waals surface area contributed by atoms with Crippen molar-refractivity contribution in [3.05, 3.63) is 102 Å². The minimum absolute atomic E-state index is 0.0328. The molecule has 10 heteroatoms. The molecule has 0 unspecified atom stereocenters. The Morgan fingerprint density at radius 3 is 2.50 bits per heavy atom. The van der Waals surface area contributed by atoms with E-state index in [2.05, 4.69) is 20.2 Å². The number of methoxy groups -OCH3 is 1. The number of aliphatic hydroxyl groups is 1. The first-order valence-electron chi connectivity index (χ1n) is 11.8. The Balaban J connectivity index is 1.44. The fourth-order valence-corrected chi connectivity index (χ4v) is 4.76. The van der Waals surface area contributed by atoms with Crippen molar-refractivity contribution in [2.45, 2.75) is 18.7 Å². The van der Waals surface area contributed by atoms with Crippen LogP contribution in [-0.2, 0) is 16.1 Å². The predicted octanol–water partition coefficient (Wildman–Crippen LogP) is 5.27. The summed E-state index contributed by atoms with van der Waals surface area (Å²) in [5, 5.41) is 20.3. The number of nitrogens with one attached hydrogen (secondary N) is 1. The summed E-state index contributed by atoms with van der Waals surface area (Å²) in [7, 11) is 1.26. The molecule has 192 valence electrons. The van der Waals surface area contributed by atoms with E-state index in [1.165, 1.54) is 18.9 Å². The van der Waals surface area contributed by atoms with Crippen LogP contribution in [0.2, 0.25) is 0 Å². The van der Waals surface area contributed by atoms with Crippen LogP contribution in [0.3, 0.4) is 0 Å². The zero-order valence-electron chi connectivity index (χ0n) is 20.8. The van der Waals surface area contributed by atoms with Crippen LogP contribution in [0.25, 0.3) is 22.3 Å². The number of benzene rings is 3. The van der Waals surface area contributed by atoms with E-state index in [9.17, 15) is 9.90 Å². The molecule has 0 aliphatic rings. The van der Waals surface area contributed by atoms with E-state index in [1.54, 1.807) is 0 Å². The van der Waals surface area contributed by atoms with Crippen LogP contribution in [0, 0.1) is 6.92 Å². The number of aryl methyl sites for hydroxylation is 1. The number of nitrogens with zero attached hydrogens (tertiary/aromatic N) is 4. The van der Waals surface area contributed by atoms with E-state index < -0.39 is 5.97 Å². The molecule has 2 heterocycles. The van der Waals surface area contributed by atoms with Crippen molar-refractivity contribution in [1.29, 1.82) is 0 Å². The maximum atomic E-state index is 12.6. The van der Waals surface area contributed by atoms with Crippen LogP contribution >= 0.6 is 11.8 Å². The highest BCUT2D eigenvalue weighted by Crippen LogP contribution is 2.28. The van der Waals surface area contributed by atoms with Gasteiger partial charge in [-0.1, -0.05) is 60.3 Å². The van der Waals surface area contributed by atoms with E-state index in [-0.39, 0.29) is 29.5 Å². The van der Waals surface area contributed by atoms with Crippen molar-refractivity contribution in [2.75, 3.05) is 12.9 Å². The number of para-hydroxylation sites is 4. The lowest BCUT2D eigenvalue weighted by atomic mass is 10.2. The topological polar surface area (TPSA) is 115 Å². The summed E-state index contributed by atoms with van der Waals surface area (Å²) in [6, 6.07) is 24.8. The lowest BCUT2D eigenvalue weighted by molar-refractivity contribution is -0.133. The molecule has 0 atom stereocenters. The zero-order chi connectivity index (χ0) is 26.5. The van der Waals surface area contributed by atoms with Crippen LogP contribution in [0.4, 0.5) is 0 Å². The van der Waals surface area contributed by atoms with Crippen molar-refractivity contribution >= 4 is 34.3 Å². The summed E-state index contributed by atoms with van der Waals surface area (Å²) >= 11 is 1.23. The Morgan fingerprint density at radius 2 is 1.74 bits per heavy atom. The quantitative estimate of drug-likeness (QED) is 0.115. The van der Waals surface area contributed by atoms with Gasteiger partial charge in [0.1, 0.15) is 29.5 Å². The second-order valence-electron chi connectivity index (χ2n) is 8.33. The highest BCUT2D eigenvalue weighted by molar-refractivity contribution is 7.99. The van der Waals surface area contributed by atoms with Crippen molar-refractivity contribution in [3.63, 3.8) is 0 Å². The normalized spacial score (nSPS) is 11.8. The monoisotopic (exact) mass is 527 g/mol. The minimum Gasteiger partial charge on any atom is -0.510 e. The average Bonchev–Trinajstić information content (AvgIpc) is 3.55. The standard InChI is InChI=1S/C28H25N5O4S/c1-18-10-6-9-15-23(18)37-16-24-31-32-28(33(24)19-11-4-3-5-12-19)38-17-22(34)25(27(35)36-2)26-29-20-13-7-8-14-21(20)30-26/h3-15,34H,16-17H2,1-2H3,(H,29,30)/b25-22+. The molecule has 0 spiro atoms. The number of aromatic nitrogens is 5. The smallest absolute Gasteiger partial charge is 0.345 e. The van der Waals surface area contributed by atoms with Gasteiger partial charge in [0, 0.05) is 5.69 Å². The van der Waals surface area contributed by atoms with Crippen molar-refractivity contribution in [1.82, 2.24) is 24.7 Å². The van der Waals surface area contributed by atoms with Crippen LogP contribution in [0.5, 0.6) is 5.75 Å². The molecule has 0 saturated heterocycles. The number of carbonyl (C=O) groups excluding carboxylic acids is 1. The molecule has 38 heavy (non-hydrogen) atoms. The highest BCUT2D eigenvalue weighted by Gasteiger charge is 2.23. The van der Waals surface area contributed by atoms with Crippen LogP contribution in [0.15, 0.2) is 89.8 Å². The van der Waals surface area contributed by atoms with Gasteiger partial charge in [0.05, 0.1) is 23.9 Å². The Bertz CT molecular complexity index is 1580. The number of fused-ring (bicyclic) bond motifs is 1. The van der Waals surface area contributed by atoms with E-state index in [0.29, 0.717) is 16.5 Å². The number of aromatic amines is 1. The molecular formula is C28H25N5O4S. The number of rotatable bonds is 9. The molecule has 0 bridgehead atoms. The van der Waals surface area contributed by atoms with Gasteiger partial charge in [0.15, 0.2) is 11.0 Å². The maximum absolute atomic E-state index is 12.6. The molecule has 9 nitrogen and oxygen atoms in total. The number of hydrogen-bond donors (Lipinski definition) is 2. The second kappa shape index (κ2) is 11.2. The largest absolute Gasteiger partial charge is 0.510 e. The summed E-state index contributed by atoms with van der Waals surface area (Å²) in [5.74, 6) is 0.730. The van der Waals surface area contributed by atoms with Crippen molar-refractivity contribution in [2.24, 2.45) is 0 Å². The number of hydrogen-bond acceptors (Lipinski definition) is 8. The first-order valence-corrected chi connectivity index (χ1v) is 12.8. The minimum atomic E-state index is -0.695. The van der Waals surface area contributed by atoms with E-state index in [1.807, 2.05) is 90.4 Å². The third kappa shape index (κ3) is 5.25. The Labute approximate surface area is 223 Å². The summed E-state index contributed by atoms with van der Waals surface area (Å²) in [4.78, 5) is 20.2. The third-order valence-corrected chi connectivity index (χ3v) is 6.75. The zero-order valence-corrected chi connectivity index (χ0v) is 21.6. The Kier molecular flexibility index (Phi) is 7.41. The van der Waals surface area contributed by atoms with Gasteiger partial charge >= 0.3 is 5.97 Å². The summed E-state index contributed by atoms with van der Waals surface area (Å²) in [6.45, 7) is 2.18. The van der Waals surface area contributed by atoms with Crippen molar-refractivity contribution in [3.8, 4) is 11.4 Å². The average molecular weight is 528 g/mol. The summed E-state index contributed by atoms with van der Waals surface area (Å²) in [5.41, 5.74) is 3.24. The van der Waals surface area contributed by atoms with E-state index in [4.69, 9.17) is 9.47 Å². The molecule has 2 N–H and O–H groups in total. The molecule has 2 aromatic heterocycles. The number of carbonyl (C=O) groups is 1. The van der Waals surface area contributed by atoms with Crippen molar-refractivity contribution < 1.29 is 19.4 Å². The van der Waals surface area contributed by atoms with Gasteiger partial charge in [-0.15, -0.1) is 10.2 Å². The van der Waals surface area contributed by atoms with Gasteiger partial charge in [-0.25, -0.2) is 9.78 Å². The third-order valence-electron chi connectivity index (χ3n) is 5.81. The fraction of sp³-hybridized carbons (Fsp3) is 0.143. The number of aliphatic hydroxyl groups excluding tert-OH is 1. The molecule has 0 fully saturated rings. The second-order valence-corrected chi connectivity index (χ2v) is 9.27. The van der Waals surface area contributed by atoms with Gasteiger partial charge in [-0.2, -0.15) is 0 Å². The molecule has 0 radical (unpaired) electrons. The SMILES string of the molecule is COC(=O)/C(=C(/O)CSc1nnc(COc2ccccc2C)n1-c1ccccc1)c1nc2ccccc2[nH]1. The van der Waals surface area contributed by atoms with E-state index in [0.717, 1.165) is 22.5 Å². The van der Waals surface area contributed by atoms with Crippen LogP contribution in [-0.4, -0.2) is 48.7 Å². The Hall–Kier alpha value is -4.57. The lowest BCUT2D eigenvalue weighted by Gasteiger charge is -2.12. The number of H-pyrrole nitrogens is 1. The molecule has 0 amide bonds. The molecule has 5 aromatic rings. The number of imidazole rings is 1. The molecular weight excluding hydrogens is 502 g/mol. The van der Waals surface area contributed by atoms with Gasteiger partial charge in [-0.05, 0) is 42.8 Å². The molecule has 3 aromatic carbocycles. The molecule has 0 aliphatic carbocycles. The van der Waals surface area contributed by atoms with Gasteiger partial charge in [-0.3, -0.25) is 4.57 Å². The molecule has 5 rings (SSSR count).